The zero-order chi connectivity index (χ0) is 17.8. The Morgan fingerprint density at radius 1 is 1.12 bits per heavy atom. The summed E-state index contributed by atoms with van der Waals surface area (Å²) in [6.07, 6.45) is 10.2. The molecule has 2 aromatic rings. The van der Waals surface area contributed by atoms with Crippen molar-refractivity contribution < 1.29 is 9.26 Å². The molecule has 1 aromatic carbocycles. The highest BCUT2D eigenvalue weighted by molar-refractivity contribution is 5.33. The molecule has 2 saturated carbocycles. The van der Waals surface area contributed by atoms with E-state index in [-0.39, 0.29) is 0 Å². The number of nitrogens with one attached hydrogen (secondary N) is 1. The van der Waals surface area contributed by atoms with Crippen LogP contribution in [0.2, 0.25) is 0 Å². The van der Waals surface area contributed by atoms with Crippen molar-refractivity contribution >= 4 is 0 Å². The van der Waals surface area contributed by atoms with Crippen LogP contribution in [0.1, 0.15) is 62.0 Å². The van der Waals surface area contributed by atoms with Crippen LogP contribution in [0.15, 0.2) is 34.9 Å². The van der Waals surface area contributed by atoms with Gasteiger partial charge in [0.1, 0.15) is 11.5 Å². The van der Waals surface area contributed by atoms with Gasteiger partial charge >= 0.3 is 0 Å². The minimum Gasteiger partial charge on any atom is -0.490 e. The lowest BCUT2D eigenvalue weighted by molar-refractivity contribution is 0.207. The van der Waals surface area contributed by atoms with Crippen LogP contribution in [0.4, 0.5) is 0 Å². The van der Waals surface area contributed by atoms with Gasteiger partial charge in [-0.2, -0.15) is 0 Å². The standard InChI is InChI=1S/C22H30N2O2/c1-16-13-20(26-24-16)14-17-8-6-11-21(17)23-15-18-7-2-5-12-22(18)25-19-9-3-4-10-19/h2,5,7,12-13,17,19,21,23H,3-4,6,8-11,14-15H2,1H3/t17-,21+/m0/s1. The van der Waals surface area contributed by atoms with Crippen molar-refractivity contribution in [2.75, 3.05) is 0 Å². The largest absolute Gasteiger partial charge is 0.490 e. The first-order chi connectivity index (χ1) is 12.8. The number of hydrogen-bond donors (Lipinski definition) is 1. The number of aromatic nitrogens is 1. The van der Waals surface area contributed by atoms with E-state index in [9.17, 15) is 0 Å². The second-order valence-corrected chi connectivity index (χ2v) is 7.95. The summed E-state index contributed by atoms with van der Waals surface area (Å²) in [5.74, 6) is 2.71. The lowest BCUT2D eigenvalue weighted by atomic mass is 9.97. The van der Waals surface area contributed by atoms with Gasteiger partial charge in [0.25, 0.3) is 0 Å². The number of hydrogen-bond acceptors (Lipinski definition) is 4. The Morgan fingerprint density at radius 2 is 1.96 bits per heavy atom. The second kappa shape index (κ2) is 8.26. The maximum atomic E-state index is 6.28. The van der Waals surface area contributed by atoms with Gasteiger partial charge in [-0.25, -0.2) is 0 Å². The van der Waals surface area contributed by atoms with Crippen LogP contribution in [-0.2, 0) is 13.0 Å². The van der Waals surface area contributed by atoms with E-state index in [0.717, 1.165) is 30.2 Å². The predicted octanol–water partition coefficient (Wildman–Crippen LogP) is 4.81. The van der Waals surface area contributed by atoms with Gasteiger partial charge in [-0.15, -0.1) is 0 Å². The van der Waals surface area contributed by atoms with E-state index < -0.39 is 0 Å². The fraction of sp³-hybridized carbons (Fsp3) is 0.591. The van der Waals surface area contributed by atoms with Crippen molar-refractivity contribution in [1.29, 1.82) is 0 Å². The summed E-state index contributed by atoms with van der Waals surface area (Å²) in [5, 5.41) is 7.82. The fourth-order valence-electron chi connectivity index (χ4n) is 4.51. The molecule has 1 N–H and O–H groups in total. The third kappa shape index (κ3) is 4.29. The normalized spacial score (nSPS) is 23.6. The lowest BCUT2D eigenvalue weighted by Gasteiger charge is -2.22. The second-order valence-electron chi connectivity index (χ2n) is 7.95. The molecule has 4 nitrogen and oxygen atoms in total. The van der Waals surface area contributed by atoms with Gasteiger partial charge in [0.15, 0.2) is 0 Å². The van der Waals surface area contributed by atoms with Gasteiger partial charge < -0.3 is 14.6 Å². The van der Waals surface area contributed by atoms with Crippen LogP contribution >= 0.6 is 0 Å². The molecule has 4 rings (SSSR count). The summed E-state index contributed by atoms with van der Waals surface area (Å²) in [6, 6.07) is 11.1. The molecule has 2 fully saturated rings. The Labute approximate surface area is 156 Å². The monoisotopic (exact) mass is 354 g/mol. The van der Waals surface area contributed by atoms with Crippen molar-refractivity contribution in [2.45, 2.75) is 77.0 Å². The minimum atomic E-state index is 0.407. The Morgan fingerprint density at radius 3 is 2.77 bits per heavy atom. The Hall–Kier alpha value is -1.81. The van der Waals surface area contributed by atoms with Gasteiger partial charge in [-0.05, 0) is 57.4 Å². The van der Waals surface area contributed by atoms with Crippen LogP contribution in [0.5, 0.6) is 5.75 Å². The summed E-state index contributed by atoms with van der Waals surface area (Å²) in [7, 11) is 0. The fourth-order valence-corrected chi connectivity index (χ4v) is 4.51. The molecule has 2 aliphatic rings. The van der Waals surface area contributed by atoms with Crippen molar-refractivity contribution in [3.05, 3.63) is 47.3 Å². The van der Waals surface area contributed by atoms with E-state index in [4.69, 9.17) is 9.26 Å². The maximum absolute atomic E-state index is 6.28. The average molecular weight is 354 g/mol. The highest BCUT2D eigenvalue weighted by atomic mass is 16.5. The molecule has 0 amide bonds. The molecule has 1 aromatic heterocycles. The summed E-state index contributed by atoms with van der Waals surface area (Å²) in [6.45, 7) is 2.86. The van der Waals surface area contributed by atoms with E-state index in [1.807, 2.05) is 6.92 Å². The van der Waals surface area contributed by atoms with Crippen molar-refractivity contribution in [1.82, 2.24) is 10.5 Å². The molecule has 140 valence electrons. The van der Waals surface area contributed by atoms with Crippen molar-refractivity contribution in [3.8, 4) is 5.75 Å². The van der Waals surface area contributed by atoms with E-state index in [1.165, 1.54) is 50.5 Å². The molecule has 0 unspecified atom stereocenters. The maximum Gasteiger partial charge on any atom is 0.137 e. The third-order valence-corrected chi connectivity index (χ3v) is 5.92. The van der Waals surface area contributed by atoms with Gasteiger partial charge in [-0.3, -0.25) is 0 Å². The highest BCUT2D eigenvalue weighted by Gasteiger charge is 2.28. The summed E-state index contributed by atoms with van der Waals surface area (Å²) >= 11 is 0. The molecule has 0 aliphatic heterocycles. The van der Waals surface area contributed by atoms with Gasteiger partial charge in [0.2, 0.25) is 0 Å². The molecule has 4 heteroatoms. The quantitative estimate of drug-likeness (QED) is 0.775. The smallest absolute Gasteiger partial charge is 0.137 e. The Kier molecular flexibility index (Phi) is 5.59. The number of para-hydroxylation sites is 1. The van der Waals surface area contributed by atoms with E-state index >= 15 is 0 Å². The molecule has 0 radical (unpaired) electrons. The molecule has 1 heterocycles. The molecule has 0 bridgehead atoms. The molecular weight excluding hydrogens is 324 g/mol. The van der Waals surface area contributed by atoms with E-state index in [2.05, 4.69) is 40.8 Å². The summed E-state index contributed by atoms with van der Waals surface area (Å²) in [5.41, 5.74) is 2.25. The lowest BCUT2D eigenvalue weighted by Crippen LogP contribution is -2.33. The zero-order valence-electron chi connectivity index (χ0n) is 15.7. The summed E-state index contributed by atoms with van der Waals surface area (Å²) < 4.78 is 11.7. The van der Waals surface area contributed by atoms with E-state index in [0.29, 0.717) is 18.1 Å². The molecule has 2 atom stereocenters. The molecule has 2 aliphatic carbocycles. The molecule has 0 spiro atoms. The number of rotatable bonds is 7. The average Bonchev–Trinajstić information content (AvgIpc) is 3.38. The number of benzene rings is 1. The van der Waals surface area contributed by atoms with Gasteiger partial charge in [0.05, 0.1) is 11.8 Å². The van der Waals surface area contributed by atoms with Crippen LogP contribution in [-0.4, -0.2) is 17.3 Å². The predicted molar refractivity (Wildman–Crippen MR) is 102 cm³/mol. The summed E-state index contributed by atoms with van der Waals surface area (Å²) in [4.78, 5) is 0. The van der Waals surface area contributed by atoms with Gasteiger partial charge in [-0.1, -0.05) is 29.8 Å². The molecule has 26 heavy (non-hydrogen) atoms. The highest BCUT2D eigenvalue weighted by Crippen LogP contribution is 2.31. The zero-order valence-corrected chi connectivity index (χ0v) is 15.7. The number of aryl methyl sites for hydroxylation is 1. The Balaban J connectivity index is 1.35. The van der Waals surface area contributed by atoms with Crippen molar-refractivity contribution in [3.63, 3.8) is 0 Å². The first-order valence-corrected chi connectivity index (χ1v) is 10.2. The SMILES string of the molecule is Cc1cc(C[C@@H]2CCC[C@H]2NCc2ccccc2OC2CCCC2)on1. The van der Waals surface area contributed by atoms with Gasteiger partial charge in [0, 0.05) is 30.6 Å². The van der Waals surface area contributed by atoms with Crippen molar-refractivity contribution in [2.24, 2.45) is 5.92 Å². The Bertz CT molecular complexity index is 706. The molecule has 0 saturated heterocycles. The third-order valence-electron chi connectivity index (χ3n) is 5.92. The minimum absolute atomic E-state index is 0.407. The number of ether oxygens (including phenoxy) is 1. The van der Waals surface area contributed by atoms with E-state index in [1.54, 1.807) is 0 Å². The van der Waals surface area contributed by atoms with Crippen LogP contribution in [0.25, 0.3) is 0 Å². The number of nitrogens with zero attached hydrogens (tertiary/aromatic N) is 1. The van der Waals surface area contributed by atoms with Crippen LogP contribution < -0.4 is 10.1 Å². The molecular formula is C22H30N2O2. The topological polar surface area (TPSA) is 47.3 Å². The first-order valence-electron chi connectivity index (χ1n) is 10.2. The van der Waals surface area contributed by atoms with Crippen LogP contribution in [0.3, 0.4) is 0 Å². The van der Waals surface area contributed by atoms with Crippen LogP contribution in [0, 0.1) is 12.8 Å². The first kappa shape index (κ1) is 17.6.